The zero-order valence-corrected chi connectivity index (χ0v) is 15.2. The Bertz CT molecular complexity index is 860. The molecule has 5 nitrogen and oxygen atoms in total. The number of unbranched alkanes of at least 4 members (excludes halogenated alkanes) is 2. The monoisotopic (exact) mass is 370 g/mol. The number of nitrogens with one attached hydrogen (secondary N) is 1. The van der Waals surface area contributed by atoms with Crippen LogP contribution in [0.4, 0.5) is 11.4 Å². The van der Waals surface area contributed by atoms with Gasteiger partial charge in [0.2, 0.25) is 0 Å². The average molecular weight is 371 g/mol. The summed E-state index contributed by atoms with van der Waals surface area (Å²) in [4.78, 5) is 28.5. The number of carbonyl (C=O) groups is 2. The second kappa shape index (κ2) is 8.15. The van der Waals surface area contributed by atoms with E-state index in [2.05, 4.69) is 17.2 Å². The standard InChI is InChI=1S/C20H19ClN2O3/c1-2-3-4-12-26-20(25)13-8-10-14(11-9-13)22-18-15-6-5-7-16(21)17(15)23-19(18)24/h5-11H,2-4,12H2,1H3,(H,22,23,24). The lowest BCUT2D eigenvalue weighted by Crippen LogP contribution is -2.13. The molecule has 1 aliphatic heterocycles. The molecule has 0 fully saturated rings. The Morgan fingerprint density at radius 1 is 1.15 bits per heavy atom. The molecule has 2 aromatic rings. The first kappa shape index (κ1) is 18.1. The summed E-state index contributed by atoms with van der Waals surface area (Å²) in [5.41, 5.74) is 2.58. The van der Waals surface area contributed by atoms with Gasteiger partial charge in [0, 0.05) is 5.56 Å². The number of carbonyl (C=O) groups excluding carboxylic acids is 2. The smallest absolute Gasteiger partial charge is 0.338 e. The molecule has 0 radical (unpaired) electrons. The van der Waals surface area contributed by atoms with Crippen molar-refractivity contribution in [3.05, 3.63) is 58.6 Å². The van der Waals surface area contributed by atoms with Gasteiger partial charge >= 0.3 is 5.97 Å². The zero-order valence-electron chi connectivity index (χ0n) is 14.4. The van der Waals surface area contributed by atoms with Crippen LogP contribution in [0.2, 0.25) is 5.02 Å². The molecule has 1 N–H and O–H groups in total. The Kier molecular flexibility index (Phi) is 5.68. The molecule has 134 valence electrons. The quantitative estimate of drug-likeness (QED) is 0.588. The molecule has 0 bridgehead atoms. The fourth-order valence-electron chi connectivity index (χ4n) is 2.66. The van der Waals surface area contributed by atoms with Gasteiger partial charge in [-0.25, -0.2) is 9.79 Å². The number of amides is 1. The molecule has 1 amide bonds. The van der Waals surface area contributed by atoms with Crippen LogP contribution in [0, 0.1) is 0 Å². The Balaban J connectivity index is 1.74. The van der Waals surface area contributed by atoms with Crippen molar-refractivity contribution in [2.75, 3.05) is 11.9 Å². The Morgan fingerprint density at radius 2 is 1.92 bits per heavy atom. The van der Waals surface area contributed by atoms with Crippen LogP contribution in [0.15, 0.2) is 47.5 Å². The maximum Gasteiger partial charge on any atom is 0.338 e. The largest absolute Gasteiger partial charge is 0.462 e. The normalized spacial score (nSPS) is 14.2. The number of nitrogens with zero attached hydrogens (tertiary/aromatic N) is 1. The first-order chi connectivity index (χ1) is 12.6. The number of benzene rings is 2. The third-order valence-electron chi connectivity index (χ3n) is 4.05. The van der Waals surface area contributed by atoms with Crippen molar-refractivity contribution in [2.45, 2.75) is 26.2 Å². The van der Waals surface area contributed by atoms with Gasteiger partial charge in [-0.1, -0.05) is 43.5 Å². The molecule has 0 aliphatic carbocycles. The lowest BCUT2D eigenvalue weighted by molar-refractivity contribution is -0.110. The SMILES string of the molecule is CCCCCOC(=O)c1ccc(N=C2C(=O)Nc3c(Cl)cccc32)cc1. The Morgan fingerprint density at radius 3 is 2.65 bits per heavy atom. The highest BCUT2D eigenvalue weighted by Crippen LogP contribution is 2.32. The molecule has 26 heavy (non-hydrogen) atoms. The van der Waals surface area contributed by atoms with E-state index < -0.39 is 0 Å². The summed E-state index contributed by atoms with van der Waals surface area (Å²) in [5, 5.41) is 3.20. The van der Waals surface area contributed by atoms with Gasteiger partial charge in [0.15, 0.2) is 0 Å². The van der Waals surface area contributed by atoms with Crippen molar-refractivity contribution in [3.63, 3.8) is 0 Å². The van der Waals surface area contributed by atoms with Gasteiger partial charge in [0.05, 0.1) is 28.6 Å². The van der Waals surface area contributed by atoms with E-state index in [1.165, 1.54) is 0 Å². The van der Waals surface area contributed by atoms with Crippen LogP contribution in [0.1, 0.15) is 42.1 Å². The predicted octanol–water partition coefficient (Wildman–Crippen LogP) is 4.76. The minimum absolute atomic E-state index is 0.299. The molecule has 0 unspecified atom stereocenters. The number of rotatable bonds is 6. The molecular weight excluding hydrogens is 352 g/mol. The van der Waals surface area contributed by atoms with Crippen molar-refractivity contribution in [2.24, 2.45) is 4.99 Å². The molecule has 0 spiro atoms. The molecule has 0 saturated carbocycles. The number of halogens is 1. The van der Waals surface area contributed by atoms with E-state index in [9.17, 15) is 9.59 Å². The van der Waals surface area contributed by atoms with Crippen LogP contribution < -0.4 is 5.32 Å². The van der Waals surface area contributed by atoms with E-state index >= 15 is 0 Å². The summed E-state index contributed by atoms with van der Waals surface area (Å²) in [6, 6.07) is 11.9. The van der Waals surface area contributed by atoms with Gasteiger partial charge in [-0.3, -0.25) is 4.79 Å². The Labute approximate surface area is 157 Å². The van der Waals surface area contributed by atoms with Crippen LogP contribution in [0.5, 0.6) is 0 Å². The third kappa shape index (κ3) is 3.94. The fourth-order valence-corrected chi connectivity index (χ4v) is 2.88. The van der Waals surface area contributed by atoms with E-state index in [0.717, 1.165) is 19.3 Å². The molecule has 1 heterocycles. The van der Waals surface area contributed by atoms with Gasteiger partial charge in [-0.15, -0.1) is 0 Å². The molecule has 0 saturated heterocycles. The highest BCUT2D eigenvalue weighted by atomic mass is 35.5. The maximum absolute atomic E-state index is 12.2. The van der Waals surface area contributed by atoms with E-state index in [4.69, 9.17) is 16.3 Å². The van der Waals surface area contributed by atoms with Gasteiger partial charge < -0.3 is 10.1 Å². The summed E-state index contributed by atoms with van der Waals surface area (Å²) >= 11 is 6.10. The summed E-state index contributed by atoms with van der Waals surface area (Å²) in [6.07, 6.45) is 2.98. The number of para-hydroxylation sites is 1. The first-order valence-electron chi connectivity index (χ1n) is 8.56. The van der Waals surface area contributed by atoms with E-state index in [1.54, 1.807) is 42.5 Å². The molecule has 3 rings (SSSR count). The number of anilines is 1. The number of hydrogen-bond acceptors (Lipinski definition) is 4. The molecule has 0 atom stereocenters. The molecule has 1 aliphatic rings. The molecule has 0 aromatic heterocycles. The van der Waals surface area contributed by atoms with Crippen molar-refractivity contribution >= 4 is 40.6 Å². The van der Waals surface area contributed by atoms with Gasteiger partial charge in [0.25, 0.3) is 5.91 Å². The maximum atomic E-state index is 12.2. The summed E-state index contributed by atoms with van der Waals surface area (Å²) in [6.45, 7) is 2.52. The van der Waals surface area contributed by atoms with Crippen molar-refractivity contribution in [1.82, 2.24) is 0 Å². The second-order valence-electron chi connectivity index (χ2n) is 5.97. The van der Waals surface area contributed by atoms with Crippen molar-refractivity contribution < 1.29 is 14.3 Å². The molecular formula is C20H19ClN2O3. The van der Waals surface area contributed by atoms with E-state index in [-0.39, 0.29) is 11.9 Å². The average Bonchev–Trinajstić information content (AvgIpc) is 2.96. The van der Waals surface area contributed by atoms with Crippen LogP contribution in [-0.4, -0.2) is 24.2 Å². The number of hydrogen-bond donors (Lipinski definition) is 1. The third-order valence-corrected chi connectivity index (χ3v) is 4.36. The van der Waals surface area contributed by atoms with E-state index in [0.29, 0.717) is 39.8 Å². The highest BCUT2D eigenvalue weighted by molar-refractivity contribution is 6.55. The van der Waals surface area contributed by atoms with Gasteiger partial charge in [-0.05, 0) is 36.8 Å². The highest BCUT2D eigenvalue weighted by Gasteiger charge is 2.27. The Hall–Kier alpha value is -2.66. The minimum Gasteiger partial charge on any atom is -0.462 e. The molecule has 2 aromatic carbocycles. The van der Waals surface area contributed by atoms with Gasteiger partial charge in [0.1, 0.15) is 5.71 Å². The lowest BCUT2D eigenvalue weighted by Gasteiger charge is -2.04. The lowest BCUT2D eigenvalue weighted by atomic mass is 10.1. The number of esters is 1. The zero-order chi connectivity index (χ0) is 18.5. The van der Waals surface area contributed by atoms with E-state index in [1.807, 2.05) is 0 Å². The minimum atomic E-state index is -0.351. The van der Waals surface area contributed by atoms with Crippen molar-refractivity contribution in [1.29, 1.82) is 0 Å². The predicted molar refractivity (Wildman–Crippen MR) is 103 cm³/mol. The van der Waals surface area contributed by atoms with Gasteiger partial charge in [-0.2, -0.15) is 0 Å². The summed E-state index contributed by atoms with van der Waals surface area (Å²) < 4.78 is 5.23. The second-order valence-corrected chi connectivity index (χ2v) is 6.37. The number of ether oxygens (including phenoxy) is 1. The summed E-state index contributed by atoms with van der Waals surface area (Å²) in [7, 11) is 0. The van der Waals surface area contributed by atoms with Crippen LogP contribution in [0.3, 0.4) is 0 Å². The van der Waals surface area contributed by atoms with Crippen LogP contribution in [0.25, 0.3) is 0 Å². The number of fused-ring (bicyclic) bond motifs is 1. The molecule has 6 heteroatoms. The van der Waals surface area contributed by atoms with Crippen LogP contribution in [-0.2, 0) is 9.53 Å². The van der Waals surface area contributed by atoms with Crippen LogP contribution >= 0.6 is 11.6 Å². The number of aliphatic imine (C=N–C) groups is 1. The fraction of sp³-hybridized carbons (Fsp3) is 0.250. The van der Waals surface area contributed by atoms with Crippen molar-refractivity contribution in [3.8, 4) is 0 Å². The summed E-state index contributed by atoms with van der Waals surface area (Å²) in [5.74, 6) is -0.649. The first-order valence-corrected chi connectivity index (χ1v) is 8.94. The topological polar surface area (TPSA) is 67.8 Å².